The molecule has 108 valence electrons. The van der Waals surface area contributed by atoms with E-state index in [1.807, 2.05) is 42.3 Å². The topological polar surface area (TPSA) is 52.0 Å². The molecule has 0 fully saturated rings. The average Bonchev–Trinajstić information content (AvgIpc) is 2.92. The fourth-order valence-electron chi connectivity index (χ4n) is 2.42. The fourth-order valence-corrected chi connectivity index (χ4v) is 2.42. The van der Waals surface area contributed by atoms with Crippen LogP contribution < -0.4 is 10.1 Å². The van der Waals surface area contributed by atoms with Gasteiger partial charge in [-0.3, -0.25) is 4.68 Å². The number of rotatable bonds is 5. The number of hydrogen-bond donors (Lipinski definition) is 1. The Kier molecular flexibility index (Phi) is 3.73. The van der Waals surface area contributed by atoms with E-state index in [2.05, 4.69) is 21.5 Å². The summed E-state index contributed by atoms with van der Waals surface area (Å²) < 4.78 is 7.21. The molecular weight excluding hydrogens is 264 g/mol. The number of aryl methyl sites for hydroxylation is 1. The average molecular weight is 282 g/mol. The highest BCUT2D eigenvalue weighted by Crippen LogP contribution is 2.28. The van der Waals surface area contributed by atoms with Gasteiger partial charge >= 0.3 is 0 Å². The highest BCUT2D eigenvalue weighted by atomic mass is 16.5. The summed E-state index contributed by atoms with van der Waals surface area (Å²) in [5.74, 6) is 1.75. The van der Waals surface area contributed by atoms with E-state index in [1.54, 1.807) is 13.3 Å². The Hall–Kier alpha value is -2.56. The molecule has 0 aliphatic carbocycles. The van der Waals surface area contributed by atoms with Gasteiger partial charge in [-0.15, -0.1) is 0 Å². The molecule has 3 rings (SSSR count). The lowest BCUT2D eigenvalue weighted by atomic mass is 10.1. The number of hydrogen-bond acceptors (Lipinski definition) is 4. The lowest BCUT2D eigenvalue weighted by molar-refractivity contribution is 0.420. The normalized spacial score (nSPS) is 10.8. The molecule has 0 saturated heterocycles. The van der Waals surface area contributed by atoms with Crippen LogP contribution in [0.4, 0.5) is 5.82 Å². The van der Waals surface area contributed by atoms with Gasteiger partial charge in [-0.25, -0.2) is 4.98 Å². The SMILES string of the molecule is COc1cccc2c(NCCc3cnn(C)c3)nccc12. The highest BCUT2D eigenvalue weighted by molar-refractivity contribution is 5.95. The summed E-state index contributed by atoms with van der Waals surface area (Å²) in [4.78, 5) is 4.43. The standard InChI is InChI=1S/C16H18N4O/c1-20-11-12(10-19-20)6-8-17-16-14-4-3-5-15(21-2)13(14)7-9-18-16/h3-5,7,9-11H,6,8H2,1-2H3,(H,17,18). The molecule has 1 aromatic carbocycles. The molecule has 5 heteroatoms. The van der Waals surface area contributed by atoms with E-state index in [0.717, 1.165) is 35.3 Å². The Labute approximate surface area is 123 Å². The quantitative estimate of drug-likeness (QED) is 0.781. The molecule has 0 amide bonds. The lowest BCUT2D eigenvalue weighted by Gasteiger charge is -2.10. The van der Waals surface area contributed by atoms with Gasteiger partial charge in [0.15, 0.2) is 0 Å². The van der Waals surface area contributed by atoms with E-state index in [-0.39, 0.29) is 0 Å². The maximum absolute atomic E-state index is 5.39. The number of nitrogens with one attached hydrogen (secondary N) is 1. The number of fused-ring (bicyclic) bond motifs is 1. The Morgan fingerprint density at radius 3 is 2.90 bits per heavy atom. The van der Waals surface area contributed by atoms with Crippen molar-refractivity contribution in [3.8, 4) is 5.75 Å². The number of methoxy groups -OCH3 is 1. The first-order valence-corrected chi connectivity index (χ1v) is 6.91. The van der Waals surface area contributed by atoms with Gasteiger partial charge in [0.05, 0.1) is 13.3 Å². The van der Waals surface area contributed by atoms with Crippen molar-refractivity contribution in [2.24, 2.45) is 7.05 Å². The van der Waals surface area contributed by atoms with Crippen LogP contribution in [0.2, 0.25) is 0 Å². The zero-order chi connectivity index (χ0) is 14.7. The van der Waals surface area contributed by atoms with Crippen LogP contribution in [0.15, 0.2) is 42.9 Å². The van der Waals surface area contributed by atoms with Gasteiger partial charge in [0.25, 0.3) is 0 Å². The lowest BCUT2D eigenvalue weighted by Crippen LogP contribution is -2.06. The second-order valence-corrected chi connectivity index (χ2v) is 4.91. The number of pyridine rings is 1. The van der Waals surface area contributed by atoms with Crippen molar-refractivity contribution in [3.05, 3.63) is 48.4 Å². The monoisotopic (exact) mass is 282 g/mol. The predicted molar refractivity (Wildman–Crippen MR) is 83.7 cm³/mol. The van der Waals surface area contributed by atoms with Crippen molar-refractivity contribution >= 4 is 16.6 Å². The van der Waals surface area contributed by atoms with Crippen LogP contribution in [0.1, 0.15) is 5.56 Å². The minimum Gasteiger partial charge on any atom is -0.496 e. The minimum absolute atomic E-state index is 0.815. The van der Waals surface area contributed by atoms with Crippen molar-refractivity contribution < 1.29 is 4.74 Å². The number of ether oxygens (including phenoxy) is 1. The molecule has 1 N–H and O–H groups in total. The molecule has 0 radical (unpaired) electrons. The highest BCUT2D eigenvalue weighted by Gasteiger charge is 2.06. The summed E-state index contributed by atoms with van der Waals surface area (Å²) in [7, 11) is 3.61. The van der Waals surface area contributed by atoms with Crippen molar-refractivity contribution in [1.29, 1.82) is 0 Å². The van der Waals surface area contributed by atoms with Crippen LogP contribution in [-0.2, 0) is 13.5 Å². The van der Waals surface area contributed by atoms with Gasteiger partial charge in [-0.2, -0.15) is 5.10 Å². The van der Waals surface area contributed by atoms with E-state index in [4.69, 9.17) is 4.74 Å². The molecule has 21 heavy (non-hydrogen) atoms. The van der Waals surface area contributed by atoms with Crippen molar-refractivity contribution in [3.63, 3.8) is 0 Å². The molecule has 0 aliphatic heterocycles. The van der Waals surface area contributed by atoms with Gasteiger partial charge in [0.1, 0.15) is 11.6 Å². The summed E-state index contributed by atoms with van der Waals surface area (Å²) in [5, 5.41) is 9.71. The van der Waals surface area contributed by atoms with E-state index in [1.165, 1.54) is 5.56 Å². The number of anilines is 1. The van der Waals surface area contributed by atoms with Crippen LogP contribution >= 0.6 is 0 Å². The summed E-state index contributed by atoms with van der Waals surface area (Å²) in [6.45, 7) is 0.815. The molecule has 0 spiro atoms. The van der Waals surface area contributed by atoms with Gasteiger partial charge < -0.3 is 10.1 Å². The second-order valence-electron chi connectivity index (χ2n) is 4.91. The van der Waals surface area contributed by atoms with Crippen molar-refractivity contribution in [2.75, 3.05) is 19.0 Å². The van der Waals surface area contributed by atoms with E-state index < -0.39 is 0 Å². The summed E-state index contributed by atoms with van der Waals surface area (Å²) in [6.07, 6.45) is 6.63. The summed E-state index contributed by atoms with van der Waals surface area (Å²) in [5.41, 5.74) is 1.21. The molecule has 0 unspecified atom stereocenters. The minimum atomic E-state index is 0.815. The zero-order valence-electron chi connectivity index (χ0n) is 12.2. The first-order chi connectivity index (χ1) is 10.3. The Morgan fingerprint density at radius 2 is 2.14 bits per heavy atom. The van der Waals surface area contributed by atoms with Gasteiger partial charge in [-0.05, 0) is 24.1 Å². The number of nitrogens with zero attached hydrogens (tertiary/aromatic N) is 3. The Bertz CT molecular complexity index is 751. The number of benzene rings is 1. The molecule has 0 bridgehead atoms. The maximum Gasteiger partial charge on any atom is 0.133 e. The molecule has 0 atom stereocenters. The Morgan fingerprint density at radius 1 is 1.24 bits per heavy atom. The molecule has 0 saturated carbocycles. The zero-order valence-corrected chi connectivity index (χ0v) is 12.2. The van der Waals surface area contributed by atoms with Crippen LogP contribution in [-0.4, -0.2) is 28.4 Å². The summed E-state index contributed by atoms with van der Waals surface area (Å²) >= 11 is 0. The summed E-state index contributed by atoms with van der Waals surface area (Å²) in [6, 6.07) is 7.97. The van der Waals surface area contributed by atoms with Crippen molar-refractivity contribution in [1.82, 2.24) is 14.8 Å². The molecule has 3 aromatic rings. The third-order valence-corrected chi connectivity index (χ3v) is 3.45. The maximum atomic E-state index is 5.39. The van der Waals surface area contributed by atoms with Gasteiger partial charge in [0, 0.05) is 36.8 Å². The van der Waals surface area contributed by atoms with Gasteiger partial charge in [0.2, 0.25) is 0 Å². The number of aromatic nitrogens is 3. The largest absolute Gasteiger partial charge is 0.496 e. The molecular formula is C16H18N4O. The molecule has 2 aromatic heterocycles. The smallest absolute Gasteiger partial charge is 0.133 e. The molecule has 0 aliphatic rings. The first-order valence-electron chi connectivity index (χ1n) is 6.91. The van der Waals surface area contributed by atoms with Gasteiger partial charge in [-0.1, -0.05) is 12.1 Å². The van der Waals surface area contributed by atoms with Crippen LogP contribution in [0, 0.1) is 0 Å². The Balaban J connectivity index is 1.77. The third kappa shape index (κ3) is 2.81. The molecule has 5 nitrogen and oxygen atoms in total. The third-order valence-electron chi connectivity index (χ3n) is 3.45. The predicted octanol–water partition coefficient (Wildman–Crippen LogP) is 2.63. The first kappa shape index (κ1) is 13.4. The van der Waals surface area contributed by atoms with Crippen molar-refractivity contribution in [2.45, 2.75) is 6.42 Å². The van der Waals surface area contributed by atoms with Crippen LogP contribution in [0.5, 0.6) is 5.75 Å². The van der Waals surface area contributed by atoms with Crippen LogP contribution in [0.25, 0.3) is 10.8 Å². The van der Waals surface area contributed by atoms with E-state index >= 15 is 0 Å². The second kappa shape index (κ2) is 5.83. The fraction of sp³-hybridized carbons (Fsp3) is 0.250. The van der Waals surface area contributed by atoms with Crippen LogP contribution in [0.3, 0.4) is 0 Å². The van der Waals surface area contributed by atoms with E-state index in [0.29, 0.717) is 0 Å². The van der Waals surface area contributed by atoms with E-state index in [9.17, 15) is 0 Å². The molecule has 2 heterocycles.